The number of hydrogen-bond donors (Lipinski definition) is 2. The second-order valence-electron chi connectivity index (χ2n) is 5.59. The molecule has 0 aromatic heterocycles. The molecule has 1 aromatic rings. The number of hydrogen-bond acceptors (Lipinski definition) is 3. The molecule has 1 fully saturated rings. The normalized spacial score (nSPS) is 17.9. The van der Waals surface area contributed by atoms with Gasteiger partial charge in [0.25, 0.3) is 5.91 Å². The van der Waals surface area contributed by atoms with Crippen LogP contribution in [-0.4, -0.2) is 42.4 Å². The van der Waals surface area contributed by atoms with Crippen molar-refractivity contribution < 1.29 is 18.4 Å². The molecule has 2 rings (SSSR count). The summed E-state index contributed by atoms with van der Waals surface area (Å²) in [7, 11) is 0. The van der Waals surface area contributed by atoms with Crippen molar-refractivity contribution in [2.24, 2.45) is 5.73 Å². The zero-order valence-electron chi connectivity index (χ0n) is 12.9. The van der Waals surface area contributed by atoms with Gasteiger partial charge < -0.3 is 16.0 Å². The first-order chi connectivity index (χ1) is 11.0. The van der Waals surface area contributed by atoms with Crippen LogP contribution in [-0.2, 0) is 4.79 Å². The van der Waals surface area contributed by atoms with Crippen molar-refractivity contribution in [2.45, 2.75) is 31.7 Å². The maximum atomic E-state index is 13.8. The summed E-state index contributed by atoms with van der Waals surface area (Å²) < 4.78 is 27.2. The predicted octanol–water partition coefficient (Wildman–Crippen LogP) is 1.42. The fourth-order valence-corrected chi connectivity index (χ4v) is 2.75. The van der Waals surface area contributed by atoms with Crippen LogP contribution in [0.15, 0.2) is 18.2 Å². The van der Waals surface area contributed by atoms with Gasteiger partial charge in [-0.05, 0) is 31.4 Å². The van der Waals surface area contributed by atoms with Gasteiger partial charge >= 0.3 is 0 Å². The van der Waals surface area contributed by atoms with Crippen LogP contribution in [0.25, 0.3) is 0 Å². The molecule has 1 heterocycles. The van der Waals surface area contributed by atoms with E-state index >= 15 is 0 Å². The number of carbonyl (C=O) groups excluding carboxylic acids is 2. The van der Waals surface area contributed by atoms with Gasteiger partial charge in [-0.15, -0.1) is 0 Å². The van der Waals surface area contributed by atoms with Crippen LogP contribution in [0.2, 0.25) is 0 Å². The Morgan fingerprint density at radius 3 is 2.83 bits per heavy atom. The lowest BCUT2D eigenvalue weighted by Gasteiger charge is -2.36. The van der Waals surface area contributed by atoms with Crippen LogP contribution < -0.4 is 11.1 Å². The first-order valence-electron chi connectivity index (χ1n) is 7.76. The third-order valence-electron chi connectivity index (χ3n) is 3.98. The molecule has 3 N–H and O–H groups in total. The Balaban J connectivity index is 2.09. The van der Waals surface area contributed by atoms with Crippen LogP contribution in [0.3, 0.4) is 0 Å². The molecule has 23 heavy (non-hydrogen) atoms. The smallest absolute Gasteiger partial charge is 0.257 e. The van der Waals surface area contributed by atoms with Gasteiger partial charge in [-0.25, -0.2) is 8.78 Å². The van der Waals surface area contributed by atoms with Crippen LogP contribution in [0.4, 0.5) is 8.78 Å². The highest BCUT2D eigenvalue weighted by Crippen LogP contribution is 2.21. The molecule has 1 atom stereocenters. The SMILES string of the molecule is NCCC(=O)NCC1CCCCN1C(=O)c1cccc(F)c1F. The quantitative estimate of drug-likeness (QED) is 0.860. The van der Waals surface area contributed by atoms with E-state index in [1.54, 1.807) is 0 Å². The largest absolute Gasteiger partial charge is 0.354 e. The average molecular weight is 325 g/mol. The average Bonchev–Trinajstić information content (AvgIpc) is 2.55. The number of amides is 2. The van der Waals surface area contributed by atoms with E-state index in [1.807, 2.05) is 0 Å². The summed E-state index contributed by atoms with van der Waals surface area (Å²) in [4.78, 5) is 25.6. The fourth-order valence-electron chi connectivity index (χ4n) is 2.75. The Morgan fingerprint density at radius 1 is 1.30 bits per heavy atom. The molecule has 0 bridgehead atoms. The number of piperidine rings is 1. The van der Waals surface area contributed by atoms with Gasteiger partial charge in [-0.2, -0.15) is 0 Å². The molecular formula is C16H21F2N3O2. The predicted molar refractivity (Wildman–Crippen MR) is 81.7 cm³/mol. The summed E-state index contributed by atoms with van der Waals surface area (Å²) >= 11 is 0. The Labute approximate surface area is 133 Å². The minimum atomic E-state index is -1.13. The summed E-state index contributed by atoms with van der Waals surface area (Å²) in [6.45, 7) is 1.02. The molecule has 126 valence electrons. The van der Waals surface area contributed by atoms with Crippen molar-refractivity contribution in [2.75, 3.05) is 19.6 Å². The van der Waals surface area contributed by atoms with Crippen LogP contribution in [0.5, 0.6) is 0 Å². The lowest BCUT2D eigenvalue weighted by Crippen LogP contribution is -2.49. The van der Waals surface area contributed by atoms with Gasteiger partial charge in [0, 0.05) is 32.1 Å². The minimum absolute atomic E-state index is 0.178. The lowest BCUT2D eigenvalue weighted by atomic mass is 10.0. The second-order valence-corrected chi connectivity index (χ2v) is 5.59. The monoisotopic (exact) mass is 325 g/mol. The Morgan fingerprint density at radius 2 is 2.09 bits per heavy atom. The molecule has 0 spiro atoms. The molecule has 0 aliphatic carbocycles. The summed E-state index contributed by atoms with van der Waals surface area (Å²) in [5.41, 5.74) is 5.04. The van der Waals surface area contributed by atoms with E-state index in [0.29, 0.717) is 19.5 Å². The van der Waals surface area contributed by atoms with Crippen LogP contribution >= 0.6 is 0 Å². The zero-order chi connectivity index (χ0) is 16.8. The summed E-state index contributed by atoms with van der Waals surface area (Å²) in [6, 6.07) is 3.35. The van der Waals surface area contributed by atoms with Gasteiger partial charge in [0.2, 0.25) is 5.91 Å². The highest BCUT2D eigenvalue weighted by molar-refractivity contribution is 5.94. The van der Waals surface area contributed by atoms with Gasteiger partial charge in [0.1, 0.15) is 0 Å². The fraction of sp³-hybridized carbons (Fsp3) is 0.500. The van der Waals surface area contributed by atoms with E-state index < -0.39 is 17.5 Å². The Bertz CT molecular complexity index is 580. The molecule has 0 radical (unpaired) electrons. The summed E-state index contributed by atoms with van der Waals surface area (Å²) in [5, 5.41) is 2.73. The van der Waals surface area contributed by atoms with E-state index in [9.17, 15) is 18.4 Å². The van der Waals surface area contributed by atoms with Gasteiger partial charge in [-0.1, -0.05) is 6.07 Å². The third-order valence-corrected chi connectivity index (χ3v) is 3.98. The number of likely N-dealkylation sites (tertiary alicyclic amines) is 1. The number of benzene rings is 1. The number of nitrogens with one attached hydrogen (secondary N) is 1. The first-order valence-corrected chi connectivity index (χ1v) is 7.76. The van der Waals surface area contributed by atoms with Crippen molar-refractivity contribution in [3.8, 4) is 0 Å². The van der Waals surface area contributed by atoms with Gasteiger partial charge in [-0.3, -0.25) is 9.59 Å². The van der Waals surface area contributed by atoms with E-state index in [2.05, 4.69) is 5.32 Å². The third kappa shape index (κ3) is 4.25. The maximum absolute atomic E-state index is 13.8. The molecule has 1 aliphatic heterocycles. The van der Waals surface area contributed by atoms with Gasteiger partial charge in [0.15, 0.2) is 11.6 Å². The molecule has 1 saturated heterocycles. The minimum Gasteiger partial charge on any atom is -0.354 e. The molecule has 2 amide bonds. The molecule has 1 aromatic carbocycles. The Kier molecular flexibility index (Phi) is 6.04. The molecule has 7 heteroatoms. The summed E-state index contributed by atoms with van der Waals surface area (Å²) in [6.07, 6.45) is 2.66. The van der Waals surface area contributed by atoms with E-state index in [-0.39, 0.29) is 30.5 Å². The standard InChI is InChI=1S/C16H21F2N3O2/c17-13-6-3-5-12(15(13)18)16(23)21-9-2-1-4-11(21)10-20-14(22)7-8-19/h3,5-6,11H,1-2,4,7-10,19H2,(H,20,22). The van der Waals surface area contributed by atoms with E-state index in [0.717, 1.165) is 18.9 Å². The number of carbonyl (C=O) groups is 2. The lowest BCUT2D eigenvalue weighted by molar-refractivity contribution is -0.121. The van der Waals surface area contributed by atoms with E-state index in [1.165, 1.54) is 17.0 Å². The zero-order valence-corrected chi connectivity index (χ0v) is 12.9. The van der Waals surface area contributed by atoms with Crippen LogP contribution in [0, 0.1) is 11.6 Å². The van der Waals surface area contributed by atoms with Crippen LogP contribution in [0.1, 0.15) is 36.0 Å². The first kappa shape index (κ1) is 17.3. The highest BCUT2D eigenvalue weighted by Gasteiger charge is 2.29. The number of nitrogens with zero attached hydrogens (tertiary/aromatic N) is 1. The number of rotatable bonds is 5. The summed E-state index contributed by atoms with van der Waals surface area (Å²) in [5.74, 6) is -2.89. The van der Waals surface area contributed by atoms with Gasteiger partial charge in [0.05, 0.1) is 5.56 Å². The van der Waals surface area contributed by atoms with E-state index in [4.69, 9.17) is 5.73 Å². The maximum Gasteiger partial charge on any atom is 0.257 e. The van der Waals surface area contributed by atoms with Crippen molar-refractivity contribution in [1.29, 1.82) is 0 Å². The number of halogens is 2. The molecule has 1 unspecified atom stereocenters. The molecule has 5 nitrogen and oxygen atoms in total. The van der Waals surface area contributed by atoms with Crippen molar-refractivity contribution >= 4 is 11.8 Å². The molecule has 0 saturated carbocycles. The topological polar surface area (TPSA) is 75.4 Å². The highest BCUT2D eigenvalue weighted by atomic mass is 19.2. The number of nitrogens with two attached hydrogens (primary N) is 1. The van der Waals surface area contributed by atoms with Crippen molar-refractivity contribution in [3.63, 3.8) is 0 Å². The molecule has 1 aliphatic rings. The second kappa shape index (κ2) is 8.01. The molecular weight excluding hydrogens is 304 g/mol. The van der Waals surface area contributed by atoms with Crippen molar-refractivity contribution in [3.05, 3.63) is 35.4 Å². The Hall–Kier alpha value is -2.02. The van der Waals surface area contributed by atoms with Crippen molar-refractivity contribution in [1.82, 2.24) is 10.2 Å².